The Bertz CT molecular complexity index is 501. The number of carbonyl (C=O) groups is 1. The van der Waals surface area contributed by atoms with Gasteiger partial charge in [-0.05, 0) is 36.8 Å². The normalized spacial score (nSPS) is 17.4. The first-order valence-electron chi connectivity index (χ1n) is 7.25. The zero-order valence-corrected chi connectivity index (χ0v) is 12.8. The minimum atomic E-state index is 0.0748. The predicted octanol–water partition coefficient (Wildman–Crippen LogP) is 2.32. The Morgan fingerprint density at radius 1 is 1.40 bits per heavy atom. The van der Waals surface area contributed by atoms with Crippen molar-refractivity contribution in [3.63, 3.8) is 0 Å². The van der Waals surface area contributed by atoms with Crippen molar-refractivity contribution in [1.82, 2.24) is 4.90 Å². The first-order chi connectivity index (χ1) is 9.61. The van der Waals surface area contributed by atoms with Crippen molar-refractivity contribution in [2.24, 2.45) is 11.7 Å². The van der Waals surface area contributed by atoms with Crippen LogP contribution in [0.4, 0.5) is 0 Å². The SMILES string of the molecule is CCCN(CC(N)=S)C(=O)C1CCc2ccccc2C1. The second kappa shape index (κ2) is 6.84. The van der Waals surface area contributed by atoms with Crippen LogP contribution in [0.15, 0.2) is 24.3 Å². The lowest BCUT2D eigenvalue weighted by Gasteiger charge is -2.30. The highest BCUT2D eigenvalue weighted by atomic mass is 32.1. The monoisotopic (exact) mass is 290 g/mol. The highest BCUT2D eigenvalue weighted by Crippen LogP contribution is 2.26. The van der Waals surface area contributed by atoms with Crippen molar-refractivity contribution < 1.29 is 4.79 Å². The van der Waals surface area contributed by atoms with Crippen molar-refractivity contribution >= 4 is 23.1 Å². The quantitative estimate of drug-likeness (QED) is 0.847. The number of thiocarbonyl (C=S) groups is 1. The number of nitrogens with two attached hydrogens (primary N) is 1. The second-order valence-electron chi connectivity index (χ2n) is 5.43. The largest absolute Gasteiger partial charge is 0.392 e. The van der Waals surface area contributed by atoms with Gasteiger partial charge in [0, 0.05) is 12.5 Å². The highest BCUT2D eigenvalue weighted by molar-refractivity contribution is 7.80. The van der Waals surface area contributed by atoms with Crippen LogP contribution in [-0.4, -0.2) is 28.9 Å². The van der Waals surface area contributed by atoms with E-state index in [0.29, 0.717) is 11.5 Å². The predicted molar refractivity (Wildman–Crippen MR) is 85.6 cm³/mol. The Kier molecular flexibility index (Phi) is 5.12. The van der Waals surface area contributed by atoms with E-state index >= 15 is 0 Å². The van der Waals surface area contributed by atoms with Gasteiger partial charge in [-0.3, -0.25) is 4.79 Å². The Labute approximate surface area is 126 Å². The van der Waals surface area contributed by atoms with Crippen LogP contribution in [-0.2, 0) is 17.6 Å². The fourth-order valence-corrected chi connectivity index (χ4v) is 3.05. The Balaban J connectivity index is 2.07. The summed E-state index contributed by atoms with van der Waals surface area (Å²) < 4.78 is 0. The summed E-state index contributed by atoms with van der Waals surface area (Å²) in [6.45, 7) is 3.20. The Hall–Kier alpha value is -1.42. The first kappa shape index (κ1) is 15.0. The van der Waals surface area contributed by atoms with Gasteiger partial charge in [-0.25, -0.2) is 0 Å². The van der Waals surface area contributed by atoms with Gasteiger partial charge >= 0.3 is 0 Å². The maximum atomic E-state index is 12.6. The minimum Gasteiger partial charge on any atom is -0.392 e. The van der Waals surface area contributed by atoms with Crippen LogP contribution in [0.3, 0.4) is 0 Å². The summed E-state index contributed by atoms with van der Waals surface area (Å²) in [5.74, 6) is 0.278. The van der Waals surface area contributed by atoms with E-state index in [0.717, 1.165) is 32.2 Å². The van der Waals surface area contributed by atoms with Crippen molar-refractivity contribution in [2.45, 2.75) is 32.6 Å². The molecular weight excluding hydrogens is 268 g/mol. The third-order valence-corrected chi connectivity index (χ3v) is 3.98. The van der Waals surface area contributed by atoms with Gasteiger partial charge < -0.3 is 10.6 Å². The zero-order valence-electron chi connectivity index (χ0n) is 12.0. The molecule has 1 amide bonds. The third kappa shape index (κ3) is 3.57. The molecule has 0 spiro atoms. The van der Waals surface area contributed by atoms with Crippen molar-refractivity contribution in [3.8, 4) is 0 Å². The molecule has 0 saturated carbocycles. The molecule has 0 aliphatic heterocycles. The summed E-state index contributed by atoms with van der Waals surface area (Å²) in [7, 11) is 0. The summed E-state index contributed by atoms with van der Waals surface area (Å²) in [4.78, 5) is 14.9. The van der Waals surface area contributed by atoms with E-state index in [2.05, 4.69) is 25.1 Å². The number of hydrogen-bond donors (Lipinski definition) is 1. The van der Waals surface area contributed by atoms with Gasteiger partial charge in [0.1, 0.15) is 0 Å². The molecule has 1 aliphatic carbocycles. The smallest absolute Gasteiger partial charge is 0.226 e. The number of hydrogen-bond acceptors (Lipinski definition) is 2. The number of nitrogens with zero attached hydrogens (tertiary/aromatic N) is 1. The third-order valence-electron chi connectivity index (χ3n) is 3.85. The zero-order chi connectivity index (χ0) is 14.5. The van der Waals surface area contributed by atoms with Crippen LogP contribution >= 0.6 is 12.2 Å². The molecule has 1 aromatic rings. The van der Waals surface area contributed by atoms with Crippen molar-refractivity contribution in [3.05, 3.63) is 35.4 Å². The highest BCUT2D eigenvalue weighted by Gasteiger charge is 2.28. The fraction of sp³-hybridized carbons (Fsp3) is 0.500. The summed E-state index contributed by atoms with van der Waals surface area (Å²) in [6.07, 6.45) is 3.68. The van der Waals surface area contributed by atoms with Crippen molar-refractivity contribution in [2.75, 3.05) is 13.1 Å². The summed E-state index contributed by atoms with van der Waals surface area (Å²) in [5.41, 5.74) is 8.30. The van der Waals surface area contributed by atoms with Crippen LogP contribution in [0.25, 0.3) is 0 Å². The van der Waals surface area contributed by atoms with E-state index in [1.54, 1.807) is 0 Å². The fourth-order valence-electron chi connectivity index (χ4n) is 2.89. The van der Waals surface area contributed by atoms with E-state index < -0.39 is 0 Å². The van der Waals surface area contributed by atoms with E-state index in [4.69, 9.17) is 18.0 Å². The molecule has 20 heavy (non-hydrogen) atoms. The number of fused-ring (bicyclic) bond motifs is 1. The van der Waals surface area contributed by atoms with E-state index in [9.17, 15) is 4.79 Å². The van der Waals surface area contributed by atoms with Crippen LogP contribution in [0.1, 0.15) is 30.9 Å². The molecule has 3 nitrogen and oxygen atoms in total. The number of carbonyl (C=O) groups excluding carboxylic acids is 1. The summed E-state index contributed by atoms with van der Waals surface area (Å²) >= 11 is 4.95. The molecular formula is C16H22N2OS. The molecule has 1 aliphatic rings. The summed E-state index contributed by atoms with van der Waals surface area (Å²) in [6, 6.07) is 8.41. The van der Waals surface area contributed by atoms with Gasteiger partial charge in [-0.2, -0.15) is 0 Å². The maximum Gasteiger partial charge on any atom is 0.226 e. The molecule has 0 bridgehead atoms. The number of amides is 1. The molecule has 0 aromatic heterocycles. The molecule has 0 heterocycles. The van der Waals surface area contributed by atoms with Gasteiger partial charge in [0.25, 0.3) is 0 Å². The van der Waals surface area contributed by atoms with E-state index in [1.807, 2.05) is 11.0 Å². The standard InChI is InChI=1S/C16H22N2OS/c1-2-9-18(11-15(17)20)16(19)14-8-7-12-5-3-4-6-13(12)10-14/h3-6,14H,2,7-11H2,1H3,(H2,17,20). The Morgan fingerprint density at radius 2 is 2.10 bits per heavy atom. The summed E-state index contributed by atoms with van der Waals surface area (Å²) in [5, 5.41) is 0. The molecule has 2 rings (SSSR count). The van der Waals surface area contributed by atoms with Crippen LogP contribution in [0.2, 0.25) is 0 Å². The number of rotatable bonds is 5. The number of benzene rings is 1. The van der Waals surface area contributed by atoms with Crippen LogP contribution in [0.5, 0.6) is 0 Å². The van der Waals surface area contributed by atoms with Gasteiger partial charge in [-0.15, -0.1) is 0 Å². The molecule has 1 unspecified atom stereocenters. The number of aryl methyl sites for hydroxylation is 1. The maximum absolute atomic E-state index is 12.6. The molecule has 4 heteroatoms. The second-order valence-corrected chi connectivity index (χ2v) is 5.96. The van der Waals surface area contributed by atoms with Crippen molar-refractivity contribution in [1.29, 1.82) is 0 Å². The molecule has 0 radical (unpaired) electrons. The van der Waals surface area contributed by atoms with Crippen LogP contribution in [0, 0.1) is 5.92 Å². The first-order valence-corrected chi connectivity index (χ1v) is 7.66. The van der Waals surface area contributed by atoms with Gasteiger partial charge in [0.05, 0.1) is 11.5 Å². The van der Waals surface area contributed by atoms with Gasteiger partial charge in [0.2, 0.25) is 5.91 Å². The minimum absolute atomic E-state index is 0.0748. The lowest BCUT2D eigenvalue weighted by atomic mass is 9.83. The lowest BCUT2D eigenvalue weighted by Crippen LogP contribution is -2.43. The average Bonchev–Trinajstić information content (AvgIpc) is 2.45. The van der Waals surface area contributed by atoms with Gasteiger partial charge in [-0.1, -0.05) is 43.4 Å². The molecule has 108 valence electrons. The molecule has 0 saturated heterocycles. The molecule has 2 N–H and O–H groups in total. The average molecular weight is 290 g/mol. The molecule has 0 fully saturated rings. The molecule has 1 atom stereocenters. The van der Waals surface area contributed by atoms with E-state index in [1.165, 1.54) is 11.1 Å². The lowest BCUT2D eigenvalue weighted by molar-refractivity contribution is -0.135. The topological polar surface area (TPSA) is 46.3 Å². The Morgan fingerprint density at radius 3 is 2.75 bits per heavy atom. The van der Waals surface area contributed by atoms with E-state index in [-0.39, 0.29) is 11.8 Å². The molecule has 1 aromatic carbocycles. The van der Waals surface area contributed by atoms with Gasteiger partial charge in [0.15, 0.2) is 0 Å². The van der Waals surface area contributed by atoms with Crippen LogP contribution < -0.4 is 5.73 Å².